The molecule has 0 atom stereocenters. The Morgan fingerprint density at radius 3 is 2.65 bits per heavy atom. The molecule has 0 unspecified atom stereocenters. The van der Waals surface area contributed by atoms with E-state index in [1.165, 1.54) is 6.07 Å². The van der Waals surface area contributed by atoms with Gasteiger partial charge in [0.15, 0.2) is 5.82 Å². The number of piperazine rings is 1. The third-order valence-electron chi connectivity index (χ3n) is 4.50. The number of hydrogen-bond donors (Lipinski definition) is 0. The maximum Gasteiger partial charge on any atom is 0.270 e. The van der Waals surface area contributed by atoms with Gasteiger partial charge < -0.3 is 9.42 Å². The third-order valence-corrected chi connectivity index (χ3v) is 4.50. The van der Waals surface area contributed by atoms with Gasteiger partial charge >= 0.3 is 0 Å². The highest BCUT2D eigenvalue weighted by Crippen LogP contribution is 2.23. The Morgan fingerprint density at radius 1 is 1.15 bits per heavy atom. The van der Waals surface area contributed by atoms with Crippen molar-refractivity contribution in [3.8, 4) is 0 Å². The summed E-state index contributed by atoms with van der Waals surface area (Å²) >= 11 is 0. The van der Waals surface area contributed by atoms with E-state index in [1.807, 2.05) is 12.1 Å². The normalized spacial score (nSPS) is 15.5. The summed E-state index contributed by atoms with van der Waals surface area (Å²) in [5, 5.41) is 15.6. The molecule has 26 heavy (non-hydrogen) atoms. The van der Waals surface area contributed by atoms with Crippen molar-refractivity contribution >= 4 is 22.4 Å². The number of non-ortho nitro benzene ring substituents is 1. The summed E-state index contributed by atoms with van der Waals surface area (Å²) in [6.45, 7) is 5.93. The number of nitrogens with zero attached hydrogens (tertiary/aromatic N) is 6. The van der Waals surface area contributed by atoms with E-state index in [0.29, 0.717) is 18.3 Å². The van der Waals surface area contributed by atoms with E-state index >= 15 is 0 Å². The molecule has 0 saturated carbocycles. The van der Waals surface area contributed by atoms with Crippen LogP contribution in [0.1, 0.15) is 11.7 Å². The van der Waals surface area contributed by atoms with Crippen molar-refractivity contribution < 1.29 is 9.45 Å². The predicted octanol–water partition coefficient (Wildman–Crippen LogP) is 2.16. The molecule has 0 amide bonds. The lowest BCUT2D eigenvalue weighted by Gasteiger charge is -2.34. The maximum absolute atomic E-state index is 10.9. The van der Waals surface area contributed by atoms with E-state index in [9.17, 15) is 10.1 Å². The van der Waals surface area contributed by atoms with Gasteiger partial charge in [0.2, 0.25) is 5.89 Å². The van der Waals surface area contributed by atoms with Crippen LogP contribution in [0.4, 0.5) is 11.5 Å². The van der Waals surface area contributed by atoms with Gasteiger partial charge in [-0.05, 0) is 18.2 Å². The van der Waals surface area contributed by atoms with Crippen molar-refractivity contribution in [3.05, 3.63) is 52.2 Å². The number of fused-ring (bicyclic) bond motifs is 1. The Balaban J connectivity index is 1.43. The molecule has 1 saturated heterocycles. The Morgan fingerprint density at radius 2 is 1.96 bits per heavy atom. The molecule has 0 N–H and O–H groups in total. The van der Waals surface area contributed by atoms with Crippen LogP contribution in [-0.2, 0) is 6.54 Å². The van der Waals surface area contributed by atoms with Gasteiger partial charge in [0.1, 0.15) is 5.82 Å². The lowest BCUT2D eigenvalue weighted by atomic mass is 10.2. The van der Waals surface area contributed by atoms with Crippen molar-refractivity contribution in [2.75, 3.05) is 31.1 Å². The summed E-state index contributed by atoms with van der Waals surface area (Å²) in [5.74, 6) is 2.18. The van der Waals surface area contributed by atoms with Crippen molar-refractivity contribution in [2.24, 2.45) is 0 Å². The second kappa shape index (κ2) is 6.68. The van der Waals surface area contributed by atoms with Crippen molar-refractivity contribution in [1.29, 1.82) is 0 Å². The van der Waals surface area contributed by atoms with E-state index in [4.69, 9.17) is 4.52 Å². The molecule has 1 fully saturated rings. The minimum Gasteiger partial charge on any atom is -0.354 e. The fourth-order valence-corrected chi connectivity index (χ4v) is 3.13. The molecule has 134 valence electrons. The van der Waals surface area contributed by atoms with Gasteiger partial charge in [-0.15, -0.1) is 0 Å². The molecule has 2 aromatic heterocycles. The van der Waals surface area contributed by atoms with E-state index < -0.39 is 4.92 Å². The van der Waals surface area contributed by atoms with E-state index in [-0.39, 0.29) is 5.69 Å². The second-order valence-corrected chi connectivity index (χ2v) is 6.30. The molecule has 9 nitrogen and oxygen atoms in total. The Bertz CT molecular complexity index is 949. The van der Waals surface area contributed by atoms with Crippen molar-refractivity contribution in [3.63, 3.8) is 0 Å². The minimum absolute atomic E-state index is 0.0809. The first-order valence-electron chi connectivity index (χ1n) is 8.40. The van der Waals surface area contributed by atoms with E-state index in [1.54, 1.807) is 19.1 Å². The molecule has 3 heterocycles. The van der Waals surface area contributed by atoms with Crippen LogP contribution in [0.3, 0.4) is 0 Å². The molecular formula is C17H18N6O3. The lowest BCUT2D eigenvalue weighted by Crippen LogP contribution is -2.46. The van der Waals surface area contributed by atoms with Crippen LogP contribution in [0.25, 0.3) is 10.9 Å². The molecule has 1 aliphatic rings. The fraction of sp³-hybridized carbons (Fsp3) is 0.353. The van der Waals surface area contributed by atoms with Crippen LogP contribution in [-0.4, -0.2) is 51.1 Å². The van der Waals surface area contributed by atoms with Crippen LogP contribution < -0.4 is 4.90 Å². The first-order chi connectivity index (χ1) is 12.6. The highest BCUT2D eigenvalue weighted by Gasteiger charge is 2.20. The van der Waals surface area contributed by atoms with E-state index in [0.717, 1.165) is 42.9 Å². The number of anilines is 1. The summed E-state index contributed by atoms with van der Waals surface area (Å²) in [4.78, 5) is 23.9. The molecule has 1 aliphatic heterocycles. The molecule has 0 bridgehead atoms. The number of hydrogen-bond acceptors (Lipinski definition) is 8. The van der Waals surface area contributed by atoms with E-state index in [2.05, 4.69) is 24.9 Å². The first kappa shape index (κ1) is 16.4. The maximum atomic E-state index is 10.9. The highest BCUT2D eigenvalue weighted by atomic mass is 16.6. The van der Waals surface area contributed by atoms with Gasteiger partial charge in [-0.1, -0.05) is 5.16 Å². The van der Waals surface area contributed by atoms with Crippen molar-refractivity contribution in [2.45, 2.75) is 13.5 Å². The molecule has 0 aliphatic carbocycles. The van der Waals surface area contributed by atoms with Crippen LogP contribution in [0.5, 0.6) is 0 Å². The zero-order chi connectivity index (χ0) is 18.1. The predicted molar refractivity (Wildman–Crippen MR) is 94.9 cm³/mol. The number of pyridine rings is 1. The van der Waals surface area contributed by atoms with Gasteiger partial charge in [0, 0.05) is 50.6 Å². The molecule has 9 heteroatoms. The second-order valence-electron chi connectivity index (χ2n) is 6.30. The van der Waals surface area contributed by atoms with Gasteiger partial charge in [-0.2, -0.15) is 4.98 Å². The molecule has 4 rings (SSSR count). The smallest absolute Gasteiger partial charge is 0.270 e. The molecular weight excluding hydrogens is 336 g/mol. The number of aryl methyl sites for hydroxylation is 1. The number of rotatable bonds is 4. The van der Waals surface area contributed by atoms with Gasteiger partial charge in [-0.3, -0.25) is 15.0 Å². The standard InChI is InChI=1S/C17H18N6O3/c1-12-18-16(20-26-12)11-21-6-8-22(9-7-21)17-5-2-13-10-14(23(24)25)3-4-15(13)19-17/h2-5,10H,6-9,11H2,1H3. The average Bonchev–Trinajstić information content (AvgIpc) is 3.06. The van der Waals surface area contributed by atoms with Gasteiger partial charge in [-0.25, -0.2) is 4.98 Å². The zero-order valence-electron chi connectivity index (χ0n) is 14.3. The first-order valence-corrected chi connectivity index (χ1v) is 8.40. The molecule has 1 aromatic carbocycles. The number of aromatic nitrogens is 3. The summed E-state index contributed by atoms with van der Waals surface area (Å²) in [7, 11) is 0. The lowest BCUT2D eigenvalue weighted by molar-refractivity contribution is -0.384. The number of benzene rings is 1. The quantitative estimate of drug-likeness (QED) is 0.519. The van der Waals surface area contributed by atoms with Crippen LogP contribution >= 0.6 is 0 Å². The molecule has 0 radical (unpaired) electrons. The Labute approximate surface area is 149 Å². The summed E-state index contributed by atoms with van der Waals surface area (Å²) in [5.41, 5.74) is 0.843. The summed E-state index contributed by atoms with van der Waals surface area (Å²) in [6, 6.07) is 8.55. The van der Waals surface area contributed by atoms with Gasteiger partial charge in [0.05, 0.1) is 17.0 Å². The topological polar surface area (TPSA) is 101 Å². The average molecular weight is 354 g/mol. The zero-order valence-corrected chi connectivity index (χ0v) is 14.3. The minimum atomic E-state index is -0.391. The van der Waals surface area contributed by atoms with Crippen LogP contribution in [0.15, 0.2) is 34.9 Å². The largest absolute Gasteiger partial charge is 0.354 e. The Hall–Kier alpha value is -3.07. The van der Waals surface area contributed by atoms with Crippen LogP contribution in [0, 0.1) is 17.0 Å². The Kier molecular flexibility index (Phi) is 4.21. The number of nitro benzene ring substituents is 1. The summed E-state index contributed by atoms with van der Waals surface area (Å²) in [6.07, 6.45) is 0. The van der Waals surface area contributed by atoms with Crippen molar-refractivity contribution in [1.82, 2.24) is 20.0 Å². The monoisotopic (exact) mass is 354 g/mol. The highest BCUT2D eigenvalue weighted by molar-refractivity contribution is 5.82. The van der Waals surface area contributed by atoms with Gasteiger partial charge in [0.25, 0.3) is 5.69 Å². The third kappa shape index (κ3) is 3.33. The summed E-state index contributed by atoms with van der Waals surface area (Å²) < 4.78 is 5.01. The molecule has 3 aromatic rings. The fourth-order valence-electron chi connectivity index (χ4n) is 3.13. The van der Waals surface area contributed by atoms with Crippen LogP contribution in [0.2, 0.25) is 0 Å². The SMILES string of the molecule is Cc1nc(CN2CCN(c3ccc4cc([N+](=O)[O-])ccc4n3)CC2)no1. The number of nitro groups is 1. The molecule has 0 spiro atoms.